The summed E-state index contributed by atoms with van der Waals surface area (Å²) < 4.78 is 6.06. The molecule has 2 aromatic rings. The van der Waals surface area contributed by atoms with Crippen molar-refractivity contribution in [1.29, 1.82) is 0 Å². The zero-order chi connectivity index (χ0) is 19.6. The minimum Gasteiger partial charge on any atom is -0.490 e. The maximum atomic E-state index is 11.8. The molecule has 0 aromatic heterocycles. The molecular weight excluding hydrogens is 360 g/mol. The Hall–Kier alpha value is -2.33. The fourth-order valence-corrected chi connectivity index (χ4v) is 4.18. The summed E-state index contributed by atoms with van der Waals surface area (Å²) in [6.45, 7) is 3.68. The van der Waals surface area contributed by atoms with E-state index >= 15 is 0 Å². The van der Waals surface area contributed by atoms with Gasteiger partial charge in [-0.25, -0.2) is 0 Å². The maximum Gasteiger partial charge on any atom is 0.223 e. The lowest BCUT2D eigenvalue weighted by Crippen LogP contribution is -2.30. The highest BCUT2D eigenvalue weighted by molar-refractivity contribution is 5.80. The summed E-state index contributed by atoms with van der Waals surface area (Å²) in [4.78, 5) is 14.3. The van der Waals surface area contributed by atoms with Crippen LogP contribution in [0.1, 0.15) is 54.4 Å². The fourth-order valence-electron chi connectivity index (χ4n) is 4.18. The van der Waals surface area contributed by atoms with Gasteiger partial charge in [-0.1, -0.05) is 30.3 Å². The Labute approximate surface area is 173 Å². The molecule has 0 atom stereocenters. The zero-order valence-corrected chi connectivity index (χ0v) is 17.0. The molecule has 2 aliphatic carbocycles. The highest BCUT2D eigenvalue weighted by Crippen LogP contribution is 2.30. The summed E-state index contributed by atoms with van der Waals surface area (Å²) in [5.74, 6) is 1.53. The standard InChI is InChI=1S/C25H30N2O2/c28-25(20-8-9-20)26-15-18-4-6-19(7-5-18)16-27-13-12-21-14-24(11-10-22(21)17-27)29-23-2-1-3-23/h4-7,10-11,14,20,23H,1-3,8-9,12-13,15-17H2,(H,26,28). The molecule has 1 amide bonds. The number of rotatable bonds is 7. The summed E-state index contributed by atoms with van der Waals surface area (Å²) in [5, 5.41) is 3.04. The van der Waals surface area contributed by atoms with Crippen molar-refractivity contribution in [2.24, 2.45) is 5.92 Å². The molecule has 4 nitrogen and oxygen atoms in total. The molecule has 0 bridgehead atoms. The molecule has 0 saturated heterocycles. The van der Waals surface area contributed by atoms with Crippen molar-refractivity contribution >= 4 is 5.91 Å². The summed E-state index contributed by atoms with van der Waals surface area (Å²) in [7, 11) is 0. The smallest absolute Gasteiger partial charge is 0.223 e. The Morgan fingerprint density at radius 2 is 1.79 bits per heavy atom. The number of benzene rings is 2. The van der Waals surface area contributed by atoms with Gasteiger partial charge in [0.1, 0.15) is 5.75 Å². The lowest BCUT2D eigenvalue weighted by molar-refractivity contribution is -0.122. The number of carbonyl (C=O) groups is 1. The van der Waals surface area contributed by atoms with Crippen molar-refractivity contribution in [3.05, 3.63) is 64.7 Å². The Kier molecular flexibility index (Phi) is 5.28. The molecule has 1 aliphatic heterocycles. The van der Waals surface area contributed by atoms with Gasteiger partial charge in [-0.05, 0) is 72.9 Å². The molecule has 1 N–H and O–H groups in total. The van der Waals surface area contributed by atoms with E-state index in [-0.39, 0.29) is 11.8 Å². The number of nitrogens with zero attached hydrogens (tertiary/aromatic N) is 1. The number of carbonyl (C=O) groups excluding carboxylic acids is 1. The molecule has 152 valence electrons. The van der Waals surface area contributed by atoms with Crippen molar-refractivity contribution in [1.82, 2.24) is 10.2 Å². The first-order valence-electron chi connectivity index (χ1n) is 11.1. The Balaban J connectivity index is 1.14. The molecule has 29 heavy (non-hydrogen) atoms. The molecule has 2 fully saturated rings. The molecule has 0 radical (unpaired) electrons. The van der Waals surface area contributed by atoms with Gasteiger partial charge in [-0.15, -0.1) is 0 Å². The van der Waals surface area contributed by atoms with Gasteiger partial charge in [0.25, 0.3) is 0 Å². The van der Waals surface area contributed by atoms with E-state index in [4.69, 9.17) is 4.74 Å². The molecular formula is C25H30N2O2. The van der Waals surface area contributed by atoms with E-state index in [0.717, 1.165) is 44.6 Å². The van der Waals surface area contributed by atoms with Gasteiger partial charge in [-0.3, -0.25) is 9.69 Å². The number of hydrogen-bond donors (Lipinski definition) is 1. The second kappa shape index (κ2) is 8.19. The average molecular weight is 391 g/mol. The van der Waals surface area contributed by atoms with E-state index in [1.54, 1.807) is 0 Å². The van der Waals surface area contributed by atoms with Crippen LogP contribution in [0.5, 0.6) is 5.75 Å². The Morgan fingerprint density at radius 3 is 2.52 bits per heavy atom. The van der Waals surface area contributed by atoms with E-state index in [2.05, 4.69) is 52.7 Å². The van der Waals surface area contributed by atoms with Gasteiger partial charge in [0.15, 0.2) is 0 Å². The molecule has 3 aliphatic rings. The molecule has 0 spiro atoms. The first-order chi connectivity index (χ1) is 14.2. The second-order valence-corrected chi connectivity index (χ2v) is 8.87. The van der Waals surface area contributed by atoms with Gasteiger partial charge >= 0.3 is 0 Å². The second-order valence-electron chi connectivity index (χ2n) is 8.87. The highest BCUT2D eigenvalue weighted by Gasteiger charge is 2.29. The van der Waals surface area contributed by atoms with Gasteiger partial charge in [-0.2, -0.15) is 0 Å². The van der Waals surface area contributed by atoms with Crippen molar-refractivity contribution in [3.63, 3.8) is 0 Å². The van der Waals surface area contributed by atoms with Crippen LogP contribution in [0, 0.1) is 5.92 Å². The largest absolute Gasteiger partial charge is 0.490 e. The van der Waals surface area contributed by atoms with E-state index in [1.165, 1.54) is 41.5 Å². The van der Waals surface area contributed by atoms with Crippen molar-refractivity contribution in [2.75, 3.05) is 6.54 Å². The third-order valence-corrected chi connectivity index (χ3v) is 6.47. The molecule has 5 rings (SSSR count). The van der Waals surface area contributed by atoms with Gasteiger partial charge in [0, 0.05) is 32.1 Å². The minimum atomic E-state index is 0.210. The van der Waals surface area contributed by atoms with Crippen LogP contribution < -0.4 is 10.1 Å². The van der Waals surface area contributed by atoms with Crippen molar-refractivity contribution in [2.45, 2.75) is 64.3 Å². The van der Waals surface area contributed by atoms with E-state index in [9.17, 15) is 4.79 Å². The maximum absolute atomic E-state index is 11.8. The first kappa shape index (κ1) is 18.7. The third kappa shape index (κ3) is 4.64. The normalized spacial score (nSPS) is 19.3. The SMILES string of the molecule is O=C(NCc1ccc(CN2CCc3cc(OC4CCC4)ccc3C2)cc1)C1CC1. The van der Waals surface area contributed by atoms with Crippen LogP contribution in [0.15, 0.2) is 42.5 Å². The van der Waals surface area contributed by atoms with Crippen LogP contribution in [0.2, 0.25) is 0 Å². The lowest BCUT2D eigenvalue weighted by Gasteiger charge is -2.30. The number of ether oxygens (including phenoxy) is 1. The number of fused-ring (bicyclic) bond motifs is 1. The predicted octanol–water partition coefficient (Wildman–Crippen LogP) is 4.20. The van der Waals surface area contributed by atoms with Gasteiger partial charge in [0.05, 0.1) is 6.10 Å². The van der Waals surface area contributed by atoms with Crippen molar-refractivity contribution in [3.8, 4) is 5.75 Å². The van der Waals surface area contributed by atoms with Crippen LogP contribution in [-0.2, 0) is 30.8 Å². The van der Waals surface area contributed by atoms with E-state index in [0.29, 0.717) is 12.6 Å². The minimum absolute atomic E-state index is 0.210. The number of nitrogens with one attached hydrogen (secondary N) is 1. The zero-order valence-electron chi connectivity index (χ0n) is 17.0. The summed E-state index contributed by atoms with van der Waals surface area (Å²) >= 11 is 0. The van der Waals surface area contributed by atoms with Crippen LogP contribution in [0.3, 0.4) is 0 Å². The first-order valence-corrected chi connectivity index (χ1v) is 11.1. The van der Waals surface area contributed by atoms with Crippen LogP contribution in [-0.4, -0.2) is 23.5 Å². The number of hydrogen-bond acceptors (Lipinski definition) is 3. The molecule has 4 heteroatoms. The lowest BCUT2D eigenvalue weighted by atomic mass is 9.95. The fraction of sp³-hybridized carbons (Fsp3) is 0.480. The van der Waals surface area contributed by atoms with Crippen LogP contribution in [0.4, 0.5) is 0 Å². The van der Waals surface area contributed by atoms with E-state index < -0.39 is 0 Å². The molecule has 0 unspecified atom stereocenters. The molecule has 2 aromatic carbocycles. The summed E-state index contributed by atoms with van der Waals surface area (Å²) in [5.41, 5.74) is 5.37. The van der Waals surface area contributed by atoms with Gasteiger partial charge < -0.3 is 10.1 Å². The molecule has 1 heterocycles. The summed E-state index contributed by atoms with van der Waals surface area (Å²) in [6, 6.07) is 15.3. The number of amides is 1. The van der Waals surface area contributed by atoms with Crippen LogP contribution >= 0.6 is 0 Å². The van der Waals surface area contributed by atoms with Crippen LogP contribution in [0.25, 0.3) is 0 Å². The molecule has 2 saturated carbocycles. The summed E-state index contributed by atoms with van der Waals surface area (Å²) in [6.07, 6.45) is 7.35. The van der Waals surface area contributed by atoms with Gasteiger partial charge in [0.2, 0.25) is 5.91 Å². The topological polar surface area (TPSA) is 41.6 Å². The average Bonchev–Trinajstić information content (AvgIpc) is 3.55. The third-order valence-electron chi connectivity index (χ3n) is 6.47. The Morgan fingerprint density at radius 1 is 1.00 bits per heavy atom. The quantitative estimate of drug-likeness (QED) is 0.770. The predicted molar refractivity (Wildman–Crippen MR) is 114 cm³/mol. The van der Waals surface area contributed by atoms with Crippen molar-refractivity contribution < 1.29 is 9.53 Å². The highest BCUT2D eigenvalue weighted by atomic mass is 16.5. The van der Waals surface area contributed by atoms with E-state index in [1.807, 2.05) is 0 Å². The monoisotopic (exact) mass is 390 g/mol. The Bertz CT molecular complexity index is 869.